The molecule has 0 radical (unpaired) electrons. The number of hydrogen-bond donors (Lipinski definition) is 0. The number of thiazole rings is 1. The number of sulfonamides is 1. The number of carbonyl (C=O) groups is 1. The van der Waals surface area contributed by atoms with E-state index in [9.17, 15) is 21.6 Å². The highest BCUT2D eigenvalue weighted by atomic mass is 32.2. The molecule has 3 aromatic rings. The quantitative estimate of drug-likeness (QED) is 0.413. The minimum atomic E-state index is -3.63. The minimum absolute atomic E-state index is 0.120. The zero-order chi connectivity index (χ0) is 27.0. The Morgan fingerprint density at radius 2 is 1.78 bits per heavy atom. The first-order valence-corrected chi connectivity index (χ1v) is 16.2. The van der Waals surface area contributed by atoms with Crippen molar-refractivity contribution >= 4 is 52.5 Å². The summed E-state index contributed by atoms with van der Waals surface area (Å²) in [6.07, 6.45) is 2.98. The summed E-state index contributed by atoms with van der Waals surface area (Å²) in [6, 6.07) is 11.0. The highest BCUT2D eigenvalue weighted by Gasteiger charge is 2.29. The van der Waals surface area contributed by atoms with E-state index in [1.54, 1.807) is 12.1 Å². The number of aromatic nitrogens is 1. The second-order valence-electron chi connectivity index (χ2n) is 9.77. The van der Waals surface area contributed by atoms with Crippen LogP contribution < -0.4 is 4.90 Å². The number of fused-ring (bicyclic) bond motifs is 1. The first-order valence-electron chi connectivity index (χ1n) is 12.0. The smallest absolute Gasteiger partial charge is 0.260 e. The van der Waals surface area contributed by atoms with Gasteiger partial charge in [-0.15, -0.1) is 0 Å². The van der Waals surface area contributed by atoms with E-state index < -0.39 is 19.9 Å². The fourth-order valence-electron chi connectivity index (χ4n) is 4.35. The van der Waals surface area contributed by atoms with Crippen molar-refractivity contribution in [2.75, 3.05) is 51.4 Å². The van der Waals surface area contributed by atoms with Crippen molar-refractivity contribution in [1.82, 2.24) is 14.2 Å². The molecular formula is C25H32N4O5S3. The third kappa shape index (κ3) is 6.04. The van der Waals surface area contributed by atoms with Crippen molar-refractivity contribution in [1.29, 1.82) is 0 Å². The first-order chi connectivity index (χ1) is 17.4. The number of likely N-dealkylation sites (N-methyl/N-ethyl adjacent to an activating group) is 1. The maximum atomic E-state index is 13.6. The number of para-hydroxylation sites is 1. The summed E-state index contributed by atoms with van der Waals surface area (Å²) in [4.78, 5) is 21.9. The van der Waals surface area contributed by atoms with Crippen LogP contribution in [-0.4, -0.2) is 83.5 Å². The molecular weight excluding hydrogens is 532 g/mol. The summed E-state index contributed by atoms with van der Waals surface area (Å²) in [5.74, 6) is -0.0241. The Morgan fingerprint density at radius 1 is 1.08 bits per heavy atom. The Morgan fingerprint density at radius 3 is 2.41 bits per heavy atom. The number of piperidine rings is 1. The second-order valence-corrected chi connectivity index (χ2v) is 14.7. The predicted molar refractivity (Wildman–Crippen MR) is 147 cm³/mol. The summed E-state index contributed by atoms with van der Waals surface area (Å²) in [5, 5.41) is 0.386. The Kier molecular flexibility index (Phi) is 8.05. The van der Waals surface area contributed by atoms with Crippen LogP contribution in [-0.2, 0) is 19.9 Å². The van der Waals surface area contributed by atoms with Gasteiger partial charge in [0, 0.05) is 38.0 Å². The largest absolute Gasteiger partial charge is 0.308 e. The fraction of sp³-hybridized carbons (Fsp3) is 0.440. The molecule has 1 saturated heterocycles. The number of rotatable bonds is 8. The van der Waals surface area contributed by atoms with Gasteiger partial charge in [0.1, 0.15) is 5.52 Å². The standard InChI is InChI=1S/C25H32N4O5S3/c1-18-7-6-14-28(17-18)37(33,34)20-12-10-19(11-13-20)24(30)29(16-15-27(2)3)25-26-23-21(35-25)8-5-9-22(23)36(4,31)32/h5,8-13,18H,6-7,14-17H2,1-4H3. The van der Waals surface area contributed by atoms with Crippen LogP contribution >= 0.6 is 11.3 Å². The molecule has 1 aromatic heterocycles. The molecule has 0 aliphatic carbocycles. The van der Waals surface area contributed by atoms with Crippen molar-refractivity contribution in [2.24, 2.45) is 5.92 Å². The highest BCUT2D eigenvalue weighted by molar-refractivity contribution is 7.91. The van der Waals surface area contributed by atoms with Crippen LogP contribution in [0.15, 0.2) is 52.3 Å². The average molecular weight is 565 g/mol. The average Bonchev–Trinajstić information content (AvgIpc) is 3.27. The van der Waals surface area contributed by atoms with E-state index in [0.29, 0.717) is 53.0 Å². The van der Waals surface area contributed by atoms with Gasteiger partial charge in [-0.3, -0.25) is 9.69 Å². The second kappa shape index (κ2) is 10.8. The third-order valence-corrected chi connectivity index (χ3v) is 10.4. The summed E-state index contributed by atoms with van der Waals surface area (Å²) in [6.45, 7) is 3.92. The summed E-state index contributed by atoms with van der Waals surface area (Å²) < 4.78 is 53.0. The van der Waals surface area contributed by atoms with Crippen LogP contribution in [0.3, 0.4) is 0 Å². The summed E-state index contributed by atoms with van der Waals surface area (Å²) in [5.41, 5.74) is 0.664. The monoisotopic (exact) mass is 564 g/mol. The van der Waals surface area contributed by atoms with Crippen molar-refractivity contribution < 1.29 is 21.6 Å². The molecule has 0 N–H and O–H groups in total. The summed E-state index contributed by atoms with van der Waals surface area (Å²) in [7, 11) is -3.35. The number of nitrogens with zero attached hydrogens (tertiary/aromatic N) is 4. The SMILES string of the molecule is CC1CCCN(S(=O)(=O)c2ccc(C(=O)N(CCN(C)C)c3nc4c(S(C)(=O)=O)cccc4s3)cc2)C1. The van der Waals surface area contributed by atoms with Gasteiger partial charge < -0.3 is 4.90 Å². The number of sulfone groups is 1. The fourth-order valence-corrected chi connectivity index (χ4v) is 7.86. The summed E-state index contributed by atoms with van der Waals surface area (Å²) >= 11 is 1.25. The molecule has 9 nitrogen and oxygen atoms in total. The maximum Gasteiger partial charge on any atom is 0.260 e. The van der Waals surface area contributed by atoms with Crippen LogP contribution in [0.25, 0.3) is 10.2 Å². The minimum Gasteiger partial charge on any atom is -0.308 e. The van der Waals surface area contributed by atoms with Gasteiger partial charge in [-0.1, -0.05) is 24.3 Å². The van der Waals surface area contributed by atoms with E-state index in [4.69, 9.17) is 0 Å². The lowest BCUT2D eigenvalue weighted by molar-refractivity contribution is 0.0985. The van der Waals surface area contributed by atoms with Gasteiger partial charge in [-0.05, 0) is 69.3 Å². The Bertz CT molecular complexity index is 1500. The Hall–Kier alpha value is -2.38. The molecule has 2 heterocycles. The number of carbonyl (C=O) groups excluding carboxylic acids is 1. The normalized spacial score (nSPS) is 17.4. The van der Waals surface area contributed by atoms with Crippen molar-refractivity contribution in [3.05, 3.63) is 48.0 Å². The highest BCUT2D eigenvalue weighted by Crippen LogP contribution is 2.33. The molecule has 0 spiro atoms. The van der Waals surface area contributed by atoms with Crippen LogP contribution in [0.2, 0.25) is 0 Å². The lowest BCUT2D eigenvalue weighted by atomic mass is 10.0. The lowest BCUT2D eigenvalue weighted by Crippen LogP contribution is -2.39. The lowest BCUT2D eigenvalue weighted by Gasteiger charge is -2.30. The molecule has 2 aromatic carbocycles. The van der Waals surface area contributed by atoms with Gasteiger partial charge in [0.2, 0.25) is 10.0 Å². The number of benzene rings is 2. The Labute approximate surface area is 222 Å². The molecule has 200 valence electrons. The first kappa shape index (κ1) is 27.6. The third-order valence-electron chi connectivity index (χ3n) is 6.38. The molecule has 37 heavy (non-hydrogen) atoms. The molecule has 12 heteroatoms. The molecule has 4 rings (SSSR count). The van der Waals surface area contributed by atoms with Crippen molar-refractivity contribution in [3.8, 4) is 0 Å². The molecule has 1 unspecified atom stereocenters. The van der Waals surface area contributed by atoms with E-state index in [2.05, 4.69) is 4.98 Å². The molecule has 0 saturated carbocycles. The van der Waals surface area contributed by atoms with E-state index in [1.807, 2.05) is 25.9 Å². The van der Waals surface area contributed by atoms with E-state index >= 15 is 0 Å². The van der Waals surface area contributed by atoms with Crippen LogP contribution in [0, 0.1) is 5.92 Å². The van der Waals surface area contributed by atoms with Crippen LogP contribution in [0.4, 0.5) is 5.13 Å². The Balaban J connectivity index is 1.66. The van der Waals surface area contributed by atoms with Crippen LogP contribution in [0.5, 0.6) is 0 Å². The molecule has 1 fully saturated rings. The molecule has 1 amide bonds. The predicted octanol–water partition coefficient (Wildman–Crippen LogP) is 3.33. The number of amides is 1. The van der Waals surface area contributed by atoms with Gasteiger partial charge in [0.25, 0.3) is 5.91 Å². The van der Waals surface area contributed by atoms with Gasteiger partial charge >= 0.3 is 0 Å². The number of anilines is 1. The van der Waals surface area contributed by atoms with Gasteiger partial charge in [-0.25, -0.2) is 21.8 Å². The van der Waals surface area contributed by atoms with Crippen LogP contribution in [0.1, 0.15) is 30.1 Å². The maximum absolute atomic E-state index is 13.6. The molecule has 0 bridgehead atoms. The van der Waals surface area contributed by atoms with E-state index in [0.717, 1.165) is 19.1 Å². The van der Waals surface area contributed by atoms with Crippen molar-refractivity contribution in [3.63, 3.8) is 0 Å². The van der Waals surface area contributed by atoms with Crippen molar-refractivity contribution in [2.45, 2.75) is 29.6 Å². The van der Waals surface area contributed by atoms with Gasteiger partial charge in [0.05, 0.1) is 14.5 Å². The molecule has 1 aliphatic heterocycles. The van der Waals surface area contributed by atoms with E-state index in [1.165, 1.54) is 50.9 Å². The molecule has 1 aliphatic rings. The zero-order valence-corrected chi connectivity index (χ0v) is 23.9. The molecule has 1 atom stereocenters. The zero-order valence-electron chi connectivity index (χ0n) is 21.4. The van der Waals surface area contributed by atoms with E-state index in [-0.39, 0.29) is 15.7 Å². The topological polar surface area (TPSA) is 108 Å². The van der Waals surface area contributed by atoms with Gasteiger partial charge in [-0.2, -0.15) is 4.31 Å². The number of hydrogen-bond acceptors (Lipinski definition) is 8. The van der Waals surface area contributed by atoms with Gasteiger partial charge in [0.15, 0.2) is 15.0 Å².